The van der Waals surface area contributed by atoms with Crippen LogP contribution < -0.4 is 5.32 Å². The average molecular weight is 322 g/mol. The van der Waals surface area contributed by atoms with Gasteiger partial charge in [0.05, 0.1) is 0 Å². The Labute approximate surface area is 121 Å². The summed E-state index contributed by atoms with van der Waals surface area (Å²) < 4.78 is 1.12. The molecule has 0 heterocycles. The third-order valence-electron chi connectivity index (χ3n) is 2.84. The van der Waals surface area contributed by atoms with Crippen LogP contribution in [0.3, 0.4) is 0 Å². The molecule has 0 spiro atoms. The third-order valence-corrected chi connectivity index (χ3v) is 4.42. The van der Waals surface area contributed by atoms with Crippen molar-refractivity contribution < 1.29 is 0 Å². The Morgan fingerprint density at radius 1 is 1.11 bits per heavy atom. The van der Waals surface area contributed by atoms with Crippen LogP contribution in [0.25, 0.3) is 0 Å². The Kier molecular flexibility index (Phi) is 4.87. The van der Waals surface area contributed by atoms with Crippen molar-refractivity contribution in [1.82, 2.24) is 5.32 Å². The Morgan fingerprint density at radius 2 is 1.89 bits per heavy atom. The topological polar surface area (TPSA) is 12.0 Å². The number of halogens is 1. The molecule has 1 nitrogen and oxygen atoms in total. The average Bonchev–Trinajstić information content (AvgIpc) is 2.38. The van der Waals surface area contributed by atoms with Gasteiger partial charge < -0.3 is 5.32 Å². The molecule has 1 N–H and O–H groups in total. The van der Waals surface area contributed by atoms with Crippen molar-refractivity contribution in [3.05, 3.63) is 58.6 Å². The first kappa shape index (κ1) is 13.7. The highest BCUT2D eigenvalue weighted by molar-refractivity contribution is 9.10. The van der Waals surface area contributed by atoms with Crippen LogP contribution in [0.15, 0.2) is 62.8 Å². The summed E-state index contributed by atoms with van der Waals surface area (Å²) in [6, 6.07) is 17.3. The zero-order chi connectivity index (χ0) is 13.0. The van der Waals surface area contributed by atoms with E-state index in [-0.39, 0.29) is 0 Å². The van der Waals surface area contributed by atoms with E-state index in [9.17, 15) is 0 Å². The van der Waals surface area contributed by atoms with Gasteiger partial charge in [-0.1, -0.05) is 52.0 Å². The van der Waals surface area contributed by atoms with Crippen LogP contribution in [0.4, 0.5) is 0 Å². The van der Waals surface area contributed by atoms with E-state index in [4.69, 9.17) is 0 Å². The molecular formula is C15H16BrNS. The van der Waals surface area contributed by atoms with Crippen molar-refractivity contribution in [3.63, 3.8) is 0 Å². The van der Waals surface area contributed by atoms with Gasteiger partial charge in [0.25, 0.3) is 0 Å². The minimum absolute atomic E-state index is 0.362. The Morgan fingerprint density at radius 3 is 2.61 bits per heavy atom. The van der Waals surface area contributed by atoms with Crippen molar-refractivity contribution in [2.75, 3.05) is 7.05 Å². The normalized spacial score (nSPS) is 12.4. The van der Waals surface area contributed by atoms with E-state index in [1.54, 1.807) is 11.8 Å². The van der Waals surface area contributed by atoms with E-state index < -0.39 is 0 Å². The number of nitrogens with one attached hydrogen (secondary N) is 1. The predicted octanol–water partition coefficient (Wildman–Crippen LogP) is 4.88. The fourth-order valence-corrected chi connectivity index (χ4v) is 3.39. The molecule has 0 saturated carbocycles. The highest BCUT2D eigenvalue weighted by Gasteiger charge is 2.09. The van der Waals surface area contributed by atoms with E-state index >= 15 is 0 Å². The summed E-state index contributed by atoms with van der Waals surface area (Å²) in [5.74, 6) is 0. The molecule has 0 fully saturated rings. The molecule has 1 atom stereocenters. The van der Waals surface area contributed by atoms with Crippen LogP contribution >= 0.6 is 27.7 Å². The zero-order valence-electron chi connectivity index (χ0n) is 10.5. The first-order valence-corrected chi connectivity index (χ1v) is 7.51. The van der Waals surface area contributed by atoms with E-state index in [1.165, 1.54) is 15.4 Å². The first-order valence-electron chi connectivity index (χ1n) is 5.90. The fraction of sp³-hybridized carbons (Fsp3) is 0.200. The zero-order valence-corrected chi connectivity index (χ0v) is 12.9. The standard InChI is InChI=1S/C15H16BrNS/c1-11(17-2)14-8-3-4-9-15(14)18-13-7-5-6-12(16)10-13/h3-11,17H,1-2H3. The third kappa shape index (κ3) is 3.37. The number of rotatable bonds is 4. The van der Waals surface area contributed by atoms with Gasteiger partial charge in [0.15, 0.2) is 0 Å². The largest absolute Gasteiger partial charge is 0.313 e. The van der Waals surface area contributed by atoms with E-state index in [0.717, 1.165) is 4.47 Å². The lowest BCUT2D eigenvalue weighted by molar-refractivity contribution is 0.641. The summed E-state index contributed by atoms with van der Waals surface area (Å²) in [6.45, 7) is 2.18. The summed E-state index contributed by atoms with van der Waals surface area (Å²) in [7, 11) is 1.99. The molecule has 0 amide bonds. The molecule has 2 aromatic carbocycles. The molecule has 2 aromatic rings. The molecule has 18 heavy (non-hydrogen) atoms. The summed E-state index contributed by atoms with van der Waals surface area (Å²) >= 11 is 5.31. The minimum atomic E-state index is 0.362. The molecule has 0 aliphatic rings. The molecule has 0 radical (unpaired) electrons. The summed E-state index contributed by atoms with van der Waals surface area (Å²) in [6.07, 6.45) is 0. The Balaban J connectivity index is 2.29. The summed E-state index contributed by atoms with van der Waals surface area (Å²) in [4.78, 5) is 2.55. The molecule has 0 saturated heterocycles. The lowest BCUT2D eigenvalue weighted by atomic mass is 10.1. The Hall–Kier alpha value is -0.770. The van der Waals surface area contributed by atoms with Crippen molar-refractivity contribution in [2.24, 2.45) is 0 Å². The van der Waals surface area contributed by atoms with Crippen molar-refractivity contribution >= 4 is 27.7 Å². The lowest BCUT2D eigenvalue weighted by Gasteiger charge is -2.15. The SMILES string of the molecule is CNC(C)c1ccccc1Sc1cccc(Br)c1. The van der Waals surface area contributed by atoms with Gasteiger partial charge in [-0.25, -0.2) is 0 Å². The molecule has 1 unspecified atom stereocenters. The van der Waals surface area contributed by atoms with Gasteiger partial charge in [0.1, 0.15) is 0 Å². The lowest BCUT2D eigenvalue weighted by Crippen LogP contribution is -2.12. The smallest absolute Gasteiger partial charge is 0.0300 e. The van der Waals surface area contributed by atoms with Crippen LogP contribution in [0.5, 0.6) is 0 Å². The molecule has 0 bridgehead atoms. The molecule has 3 heteroatoms. The van der Waals surface area contributed by atoms with Gasteiger partial charge in [0, 0.05) is 20.3 Å². The van der Waals surface area contributed by atoms with Crippen molar-refractivity contribution in [2.45, 2.75) is 22.8 Å². The second-order valence-corrected chi connectivity index (χ2v) is 6.14. The molecular weight excluding hydrogens is 306 g/mol. The monoisotopic (exact) mass is 321 g/mol. The maximum absolute atomic E-state index is 3.51. The number of hydrogen-bond donors (Lipinski definition) is 1. The van der Waals surface area contributed by atoms with Crippen LogP contribution in [0.2, 0.25) is 0 Å². The van der Waals surface area contributed by atoms with Gasteiger partial charge in [-0.15, -0.1) is 0 Å². The molecule has 0 aromatic heterocycles. The molecule has 0 aliphatic carbocycles. The van der Waals surface area contributed by atoms with Gasteiger partial charge >= 0.3 is 0 Å². The second-order valence-electron chi connectivity index (χ2n) is 4.11. The van der Waals surface area contributed by atoms with E-state index in [0.29, 0.717) is 6.04 Å². The van der Waals surface area contributed by atoms with Crippen LogP contribution in [0.1, 0.15) is 18.5 Å². The van der Waals surface area contributed by atoms with Gasteiger partial charge in [-0.05, 0) is 43.8 Å². The fourth-order valence-electron chi connectivity index (χ4n) is 1.74. The van der Waals surface area contributed by atoms with E-state index in [2.05, 4.69) is 70.6 Å². The predicted molar refractivity (Wildman–Crippen MR) is 82.2 cm³/mol. The van der Waals surface area contributed by atoms with Gasteiger partial charge in [0.2, 0.25) is 0 Å². The van der Waals surface area contributed by atoms with Gasteiger partial charge in [-0.2, -0.15) is 0 Å². The number of benzene rings is 2. The molecule has 2 rings (SSSR count). The van der Waals surface area contributed by atoms with Crippen LogP contribution in [0, 0.1) is 0 Å². The summed E-state index contributed by atoms with van der Waals surface area (Å²) in [5, 5.41) is 3.30. The van der Waals surface area contributed by atoms with Crippen LogP contribution in [-0.4, -0.2) is 7.05 Å². The highest BCUT2D eigenvalue weighted by Crippen LogP contribution is 2.34. The van der Waals surface area contributed by atoms with E-state index in [1.807, 2.05) is 13.1 Å². The van der Waals surface area contributed by atoms with Crippen molar-refractivity contribution in [1.29, 1.82) is 0 Å². The number of hydrogen-bond acceptors (Lipinski definition) is 2. The quantitative estimate of drug-likeness (QED) is 0.861. The first-order chi connectivity index (χ1) is 8.70. The minimum Gasteiger partial charge on any atom is -0.313 e. The molecule has 0 aliphatic heterocycles. The maximum Gasteiger partial charge on any atom is 0.0300 e. The van der Waals surface area contributed by atoms with Crippen molar-refractivity contribution in [3.8, 4) is 0 Å². The van der Waals surface area contributed by atoms with Gasteiger partial charge in [-0.3, -0.25) is 0 Å². The highest BCUT2D eigenvalue weighted by atomic mass is 79.9. The maximum atomic E-state index is 3.51. The molecule has 94 valence electrons. The summed E-state index contributed by atoms with van der Waals surface area (Å²) in [5.41, 5.74) is 1.34. The van der Waals surface area contributed by atoms with Crippen LogP contribution in [-0.2, 0) is 0 Å². The Bertz CT molecular complexity index is 527. The second kappa shape index (κ2) is 6.41.